The SMILES string of the molecule is COC(=O)C(C)(CN1CCn2cnnc2C1)NC1CC1. The Morgan fingerprint density at radius 3 is 3.05 bits per heavy atom. The van der Waals surface area contributed by atoms with Crippen LogP contribution in [0.3, 0.4) is 0 Å². The molecule has 7 nitrogen and oxygen atoms in total. The van der Waals surface area contributed by atoms with Crippen molar-refractivity contribution in [3.8, 4) is 0 Å². The maximum atomic E-state index is 12.1. The first kappa shape index (κ1) is 13.5. The molecule has 3 rings (SSSR count). The predicted octanol–water partition coefficient (Wildman–Crippen LogP) is -0.223. The van der Waals surface area contributed by atoms with E-state index in [1.807, 2.05) is 6.92 Å². The molecule has 0 bridgehead atoms. The van der Waals surface area contributed by atoms with E-state index in [0.717, 1.165) is 38.3 Å². The third kappa shape index (κ3) is 2.69. The van der Waals surface area contributed by atoms with Gasteiger partial charge in [-0.1, -0.05) is 0 Å². The molecule has 1 fully saturated rings. The first-order chi connectivity index (χ1) is 9.60. The van der Waals surface area contributed by atoms with Crippen molar-refractivity contribution < 1.29 is 9.53 Å². The van der Waals surface area contributed by atoms with Crippen molar-refractivity contribution in [3.63, 3.8) is 0 Å². The average molecular weight is 279 g/mol. The summed E-state index contributed by atoms with van der Waals surface area (Å²) in [6, 6.07) is 0.451. The van der Waals surface area contributed by atoms with Gasteiger partial charge >= 0.3 is 5.97 Å². The Hall–Kier alpha value is -1.47. The minimum absolute atomic E-state index is 0.198. The Balaban J connectivity index is 1.68. The second-order valence-corrected chi connectivity index (χ2v) is 5.89. The number of rotatable bonds is 5. The predicted molar refractivity (Wildman–Crippen MR) is 71.9 cm³/mol. The van der Waals surface area contributed by atoms with E-state index in [1.165, 1.54) is 7.11 Å². The maximum absolute atomic E-state index is 12.1. The second-order valence-electron chi connectivity index (χ2n) is 5.89. The second kappa shape index (κ2) is 5.14. The summed E-state index contributed by atoms with van der Waals surface area (Å²) in [5, 5.41) is 11.5. The van der Waals surface area contributed by atoms with E-state index in [0.29, 0.717) is 12.6 Å². The first-order valence-electron chi connectivity index (χ1n) is 7.06. The van der Waals surface area contributed by atoms with Gasteiger partial charge in [0.05, 0.1) is 13.7 Å². The summed E-state index contributed by atoms with van der Waals surface area (Å²) in [7, 11) is 1.45. The number of nitrogens with zero attached hydrogens (tertiary/aromatic N) is 4. The quantitative estimate of drug-likeness (QED) is 0.751. The molecule has 7 heteroatoms. The van der Waals surface area contributed by atoms with Gasteiger partial charge in [0.25, 0.3) is 0 Å². The van der Waals surface area contributed by atoms with Crippen molar-refractivity contribution >= 4 is 5.97 Å². The topological polar surface area (TPSA) is 72.3 Å². The van der Waals surface area contributed by atoms with Crippen molar-refractivity contribution in [3.05, 3.63) is 12.2 Å². The molecule has 1 unspecified atom stereocenters. The largest absolute Gasteiger partial charge is 0.468 e. The van der Waals surface area contributed by atoms with E-state index in [2.05, 4.69) is 25.0 Å². The number of aromatic nitrogens is 3. The van der Waals surface area contributed by atoms with E-state index in [1.54, 1.807) is 6.33 Å². The zero-order valence-corrected chi connectivity index (χ0v) is 12.0. The summed E-state index contributed by atoms with van der Waals surface area (Å²) in [5.41, 5.74) is -0.655. The molecule has 110 valence electrons. The molecule has 20 heavy (non-hydrogen) atoms. The third-order valence-corrected chi connectivity index (χ3v) is 3.99. The summed E-state index contributed by atoms with van der Waals surface area (Å²) in [6.07, 6.45) is 4.04. The van der Waals surface area contributed by atoms with Crippen LogP contribution in [-0.4, -0.2) is 57.4 Å². The van der Waals surface area contributed by atoms with Crippen LogP contribution in [0, 0.1) is 0 Å². The maximum Gasteiger partial charge on any atom is 0.327 e. The molecule has 1 N–H and O–H groups in total. The molecule has 1 aromatic heterocycles. The average Bonchev–Trinajstić information content (AvgIpc) is 3.11. The van der Waals surface area contributed by atoms with Crippen LogP contribution in [0.25, 0.3) is 0 Å². The number of carbonyl (C=O) groups excluding carboxylic acids is 1. The molecule has 0 saturated heterocycles. The van der Waals surface area contributed by atoms with E-state index in [9.17, 15) is 4.79 Å². The van der Waals surface area contributed by atoms with Gasteiger partial charge in [0.1, 0.15) is 17.7 Å². The minimum Gasteiger partial charge on any atom is -0.468 e. The normalized spacial score (nSPS) is 22.1. The Labute approximate surface area is 118 Å². The molecule has 0 amide bonds. The zero-order chi connectivity index (χ0) is 14.2. The number of ether oxygens (including phenoxy) is 1. The highest BCUT2D eigenvalue weighted by Gasteiger charge is 2.41. The molecule has 1 aliphatic carbocycles. The Kier molecular flexibility index (Phi) is 3.47. The monoisotopic (exact) mass is 279 g/mol. The third-order valence-electron chi connectivity index (χ3n) is 3.99. The lowest BCUT2D eigenvalue weighted by molar-refractivity contribution is -0.149. The molecular weight excluding hydrogens is 258 g/mol. The van der Waals surface area contributed by atoms with Gasteiger partial charge in [-0.2, -0.15) is 0 Å². The zero-order valence-electron chi connectivity index (χ0n) is 12.0. The van der Waals surface area contributed by atoms with Crippen LogP contribution in [0.1, 0.15) is 25.6 Å². The van der Waals surface area contributed by atoms with E-state index in [-0.39, 0.29) is 5.97 Å². The summed E-state index contributed by atoms with van der Waals surface area (Å²) in [6.45, 7) is 5.03. The van der Waals surface area contributed by atoms with Crippen LogP contribution in [0.2, 0.25) is 0 Å². The molecular formula is C13H21N5O2. The highest BCUT2D eigenvalue weighted by Crippen LogP contribution is 2.24. The summed E-state index contributed by atoms with van der Waals surface area (Å²) in [4.78, 5) is 14.4. The molecule has 1 saturated carbocycles. The van der Waals surface area contributed by atoms with E-state index >= 15 is 0 Å². The number of methoxy groups -OCH3 is 1. The van der Waals surface area contributed by atoms with Crippen molar-refractivity contribution in [2.75, 3.05) is 20.2 Å². The Morgan fingerprint density at radius 2 is 2.35 bits per heavy atom. The fourth-order valence-corrected chi connectivity index (χ4v) is 2.77. The van der Waals surface area contributed by atoms with E-state index in [4.69, 9.17) is 4.74 Å². The molecule has 0 aromatic carbocycles. The lowest BCUT2D eigenvalue weighted by Gasteiger charge is -2.36. The summed E-state index contributed by atoms with van der Waals surface area (Å²) < 4.78 is 7.03. The minimum atomic E-state index is -0.655. The van der Waals surface area contributed by atoms with Crippen molar-refractivity contribution in [1.29, 1.82) is 0 Å². The molecule has 2 aliphatic rings. The van der Waals surface area contributed by atoms with Crippen LogP contribution >= 0.6 is 0 Å². The molecule has 0 spiro atoms. The standard InChI is InChI=1S/C13H21N5O2/c1-13(12(19)20-2,15-10-3-4-10)8-17-5-6-18-9-14-16-11(18)7-17/h9-10,15H,3-8H2,1-2H3. The fraction of sp³-hybridized carbons (Fsp3) is 0.769. The summed E-state index contributed by atoms with van der Waals surface area (Å²) in [5.74, 6) is 0.756. The number of esters is 1. The van der Waals surface area contributed by atoms with Gasteiger partial charge in [0.2, 0.25) is 0 Å². The van der Waals surface area contributed by atoms with Gasteiger partial charge < -0.3 is 9.30 Å². The lowest BCUT2D eigenvalue weighted by Crippen LogP contribution is -2.58. The molecule has 2 heterocycles. The van der Waals surface area contributed by atoms with Crippen LogP contribution in [-0.2, 0) is 22.6 Å². The molecule has 0 radical (unpaired) electrons. The highest BCUT2D eigenvalue weighted by molar-refractivity contribution is 5.80. The van der Waals surface area contributed by atoms with Gasteiger partial charge in [0.15, 0.2) is 0 Å². The smallest absolute Gasteiger partial charge is 0.327 e. The number of hydrogen-bond donors (Lipinski definition) is 1. The van der Waals surface area contributed by atoms with Crippen LogP contribution < -0.4 is 5.32 Å². The van der Waals surface area contributed by atoms with Crippen molar-refractivity contribution in [2.24, 2.45) is 0 Å². The fourth-order valence-electron chi connectivity index (χ4n) is 2.77. The van der Waals surface area contributed by atoms with Crippen LogP contribution in [0.15, 0.2) is 6.33 Å². The van der Waals surface area contributed by atoms with Crippen molar-refractivity contribution in [2.45, 2.75) is 44.4 Å². The van der Waals surface area contributed by atoms with Gasteiger partial charge in [-0.05, 0) is 19.8 Å². The van der Waals surface area contributed by atoms with Crippen LogP contribution in [0.4, 0.5) is 0 Å². The van der Waals surface area contributed by atoms with E-state index < -0.39 is 5.54 Å². The highest BCUT2D eigenvalue weighted by atomic mass is 16.5. The van der Waals surface area contributed by atoms with Crippen molar-refractivity contribution in [1.82, 2.24) is 25.0 Å². The van der Waals surface area contributed by atoms with Gasteiger partial charge in [-0.25, -0.2) is 0 Å². The Morgan fingerprint density at radius 1 is 1.55 bits per heavy atom. The Bertz CT molecular complexity index is 499. The number of carbonyl (C=O) groups is 1. The summed E-state index contributed by atoms with van der Waals surface area (Å²) >= 11 is 0. The molecule has 1 atom stereocenters. The van der Waals surface area contributed by atoms with Gasteiger partial charge in [-0.15, -0.1) is 10.2 Å². The number of nitrogens with one attached hydrogen (secondary N) is 1. The number of hydrogen-bond acceptors (Lipinski definition) is 6. The number of fused-ring (bicyclic) bond motifs is 1. The van der Waals surface area contributed by atoms with Gasteiger partial charge in [0, 0.05) is 25.7 Å². The molecule has 1 aliphatic heterocycles. The van der Waals surface area contributed by atoms with Crippen LogP contribution in [0.5, 0.6) is 0 Å². The van der Waals surface area contributed by atoms with Gasteiger partial charge in [-0.3, -0.25) is 15.0 Å². The lowest BCUT2D eigenvalue weighted by atomic mass is 10.0. The first-order valence-corrected chi connectivity index (χ1v) is 7.06. The molecule has 1 aromatic rings.